The molecule has 0 saturated carbocycles. The van der Waals surface area contributed by atoms with Crippen molar-refractivity contribution in [2.24, 2.45) is 12.0 Å². The molecular formula is C19H19ClN2OS2. The van der Waals surface area contributed by atoms with E-state index in [2.05, 4.69) is 31.0 Å². The Kier molecular flexibility index (Phi) is 5.67. The zero-order chi connectivity index (χ0) is 18.0. The SMILES string of the molecule is Cc1cc2sc(=NC(=O)CCSc3ccc(Cl)cc3)n(C)c2cc1C. The van der Waals surface area contributed by atoms with Crippen molar-refractivity contribution in [1.82, 2.24) is 4.57 Å². The Labute approximate surface area is 160 Å². The Bertz CT molecular complexity index is 987. The van der Waals surface area contributed by atoms with Gasteiger partial charge < -0.3 is 4.57 Å². The molecule has 0 saturated heterocycles. The predicted octanol–water partition coefficient (Wildman–Crippen LogP) is 5.12. The summed E-state index contributed by atoms with van der Waals surface area (Å²) >= 11 is 9.07. The maximum absolute atomic E-state index is 12.2. The molecule has 3 nitrogen and oxygen atoms in total. The molecule has 0 aliphatic rings. The molecule has 6 heteroatoms. The van der Waals surface area contributed by atoms with Crippen molar-refractivity contribution >= 4 is 50.8 Å². The van der Waals surface area contributed by atoms with E-state index in [1.54, 1.807) is 23.1 Å². The van der Waals surface area contributed by atoms with Gasteiger partial charge in [0.25, 0.3) is 0 Å². The number of rotatable bonds is 4. The van der Waals surface area contributed by atoms with Crippen LogP contribution in [-0.4, -0.2) is 16.2 Å². The van der Waals surface area contributed by atoms with Crippen molar-refractivity contribution < 1.29 is 4.79 Å². The molecule has 0 atom stereocenters. The highest BCUT2D eigenvalue weighted by Gasteiger charge is 2.07. The first kappa shape index (κ1) is 18.2. The van der Waals surface area contributed by atoms with Crippen LogP contribution >= 0.6 is 34.7 Å². The Morgan fingerprint density at radius 2 is 1.88 bits per heavy atom. The van der Waals surface area contributed by atoms with Gasteiger partial charge in [0.2, 0.25) is 5.91 Å². The molecule has 0 aliphatic carbocycles. The van der Waals surface area contributed by atoms with Crippen LogP contribution in [0.15, 0.2) is 46.3 Å². The summed E-state index contributed by atoms with van der Waals surface area (Å²) in [6.45, 7) is 4.20. The summed E-state index contributed by atoms with van der Waals surface area (Å²) in [6, 6.07) is 12.0. The Hall–Kier alpha value is -1.56. The van der Waals surface area contributed by atoms with E-state index in [4.69, 9.17) is 11.6 Å². The van der Waals surface area contributed by atoms with Gasteiger partial charge in [-0.25, -0.2) is 0 Å². The van der Waals surface area contributed by atoms with Crippen LogP contribution in [0.2, 0.25) is 5.02 Å². The monoisotopic (exact) mass is 390 g/mol. The van der Waals surface area contributed by atoms with E-state index >= 15 is 0 Å². The summed E-state index contributed by atoms with van der Waals surface area (Å²) in [7, 11) is 1.96. The van der Waals surface area contributed by atoms with Gasteiger partial charge in [-0.3, -0.25) is 4.79 Å². The fraction of sp³-hybridized carbons (Fsp3) is 0.263. The van der Waals surface area contributed by atoms with Crippen molar-refractivity contribution in [2.45, 2.75) is 25.2 Å². The molecule has 1 aromatic heterocycles. The lowest BCUT2D eigenvalue weighted by molar-refractivity contribution is -0.117. The average molecular weight is 391 g/mol. The van der Waals surface area contributed by atoms with Crippen LogP contribution in [0.4, 0.5) is 0 Å². The molecule has 0 aliphatic heterocycles. The third-order valence-electron chi connectivity index (χ3n) is 4.04. The minimum absolute atomic E-state index is 0.0861. The number of amides is 1. The molecule has 1 heterocycles. The van der Waals surface area contributed by atoms with Gasteiger partial charge in [-0.2, -0.15) is 4.99 Å². The Morgan fingerprint density at radius 3 is 2.60 bits per heavy atom. The van der Waals surface area contributed by atoms with Crippen LogP contribution in [0.25, 0.3) is 10.2 Å². The molecule has 0 N–H and O–H groups in total. The standard InChI is InChI=1S/C19H19ClN2OS2/c1-12-10-16-17(11-13(12)2)25-19(22(16)3)21-18(23)8-9-24-15-6-4-14(20)5-7-15/h4-7,10-11H,8-9H2,1-3H3. The molecule has 1 amide bonds. The number of hydrogen-bond donors (Lipinski definition) is 0. The summed E-state index contributed by atoms with van der Waals surface area (Å²) in [4.78, 5) is 18.4. The van der Waals surface area contributed by atoms with Gasteiger partial charge in [0.1, 0.15) is 0 Å². The molecule has 0 radical (unpaired) electrons. The summed E-state index contributed by atoms with van der Waals surface area (Å²) in [5.74, 6) is 0.619. The number of carbonyl (C=O) groups is 1. The third kappa shape index (κ3) is 4.35. The fourth-order valence-corrected chi connectivity index (χ4v) is 4.52. The quantitative estimate of drug-likeness (QED) is 0.579. The minimum Gasteiger partial charge on any atom is -0.319 e. The number of thiazole rings is 1. The Morgan fingerprint density at radius 1 is 1.20 bits per heavy atom. The molecule has 25 heavy (non-hydrogen) atoms. The first-order valence-corrected chi connectivity index (χ1v) is 10.1. The number of nitrogens with zero attached hydrogens (tertiary/aromatic N) is 2. The van der Waals surface area contributed by atoms with E-state index < -0.39 is 0 Å². The van der Waals surface area contributed by atoms with Gasteiger partial charge in [0.15, 0.2) is 4.80 Å². The van der Waals surface area contributed by atoms with Crippen molar-refractivity contribution in [3.8, 4) is 0 Å². The fourth-order valence-electron chi connectivity index (χ4n) is 2.44. The summed E-state index contributed by atoms with van der Waals surface area (Å²) in [5, 5.41) is 0.721. The van der Waals surface area contributed by atoms with Crippen molar-refractivity contribution in [2.75, 3.05) is 5.75 Å². The van der Waals surface area contributed by atoms with Gasteiger partial charge in [-0.1, -0.05) is 22.9 Å². The van der Waals surface area contributed by atoms with Crippen LogP contribution in [0.5, 0.6) is 0 Å². The highest BCUT2D eigenvalue weighted by Crippen LogP contribution is 2.22. The van der Waals surface area contributed by atoms with Crippen LogP contribution in [-0.2, 0) is 11.8 Å². The van der Waals surface area contributed by atoms with Crippen LogP contribution in [0.1, 0.15) is 17.5 Å². The number of aromatic nitrogens is 1. The van der Waals surface area contributed by atoms with E-state index in [1.807, 2.05) is 35.9 Å². The number of hydrogen-bond acceptors (Lipinski definition) is 3. The number of carbonyl (C=O) groups excluding carboxylic acids is 1. The molecule has 0 fully saturated rings. The molecule has 2 aromatic carbocycles. The Balaban J connectivity index is 1.71. The lowest BCUT2D eigenvalue weighted by atomic mass is 10.1. The highest BCUT2D eigenvalue weighted by molar-refractivity contribution is 7.99. The summed E-state index contributed by atoms with van der Waals surface area (Å²) < 4.78 is 3.16. The van der Waals surface area contributed by atoms with Gasteiger partial charge in [0, 0.05) is 29.1 Å². The number of halogens is 1. The lowest BCUT2D eigenvalue weighted by Crippen LogP contribution is -2.13. The highest BCUT2D eigenvalue weighted by atomic mass is 35.5. The van der Waals surface area contributed by atoms with E-state index in [9.17, 15) is 4.79 Å². The second-order valence-corrected chi connectivity index (χ2v) is 8.52. The number of aryl methyl sites for hydroxylation is 3. The van der Waals surface area contributed by atoms with Gasteiger partial charge >= 0.3 is 0 Å². The molecule has 0 unspecified atom stereocenters. The zero-order valence-electron chi connectivity index (χ0n) is 14.4. The maximum Gasteiger partial charge on any atom is 0.249 e. The molecule has 0 spiro atoms. The second-order valence-electron chi connectivity index (χ2n) is 5.91. The molecule has 3 aromatic rings. The summed E-state index contributed by atoms with van der Waals surface area (Å²) in [6.07, 6.45) is 0.416. The smallest absolute Gasteiger partial charge is 0.249 e. The van der Waals surface area contributed by atoms with Crippen molar-refractivity contribution in [3.63, 3.8) is 0 Å². The molecular weight excluding hydrogens is 372 g/mol. The summed E-state index contributed by atoms with van der Waals surface area (Å²) in [5.41, 5.74) is 3.62. The second kappa shape index (κ2) is 7.77. The maximum atomic E-state index is 12.2. The zero-order valence-corrected chi connectivity index (χ0v) is 16.8. The average Bonchev–Trinajstić information content (AvgIpc) is 2.85. The van der Waals surface area contributed by atoms with Gasteiger partial charge in [-0.05, 0) is 61.4 Å². The van der Waals surface area contributed by atoms with Crippen LogP contribution < -0.4 is 4.80 Å². The van der Waals surface area contributed by atoms with E-state index in [-0.39, 0.29) is 5.91 Å². The van der Waals surface area contributed by atoms with E-state index in [1.165, 1.54) is 11.1 Å². The number of benzene rings is 2. The van der Waals surface area contributed by atoms with Gasteiger partial charge in [-0.15, -0.1) is 11.8 Å². The normalized spacial score (nSPS) is 12.1. The first-order valence-electron chi connectivity index (χ1n) is 7.97. The lowest BCUT2D eigenvalue weighted by Gasteiger charge is -2.01. The number of thioether (sulfide) groups is 1. The molecule has 3 rings (SSSR count). The van der Waals surface area contributed by atoms with Crippen LogP contribution in [0.3, 0.4) is 0 Å². The van der Waals surface area contributed by atoms with Crippen molar-refractivity contribution in [3.05, 3.63) is 57.3 Å². The first-order chi connectivity index (χ1) is 11.9. The third-order valence-corrected chi connectivity index (χ3v) is 6.40. The topological polar surface area (TPSA) is 34.4 Å². The largest absolute Gasteiger partial charge is 0.319 e. The number of fused-ring (bicyclic) bond motifs is 1. The van der Waals surface area contributed by atoms with E-state index in [0.29, 0.717) is 12.2 Å². The predicted molar refractivity (Wildman–Crippen MR) is 108 cm³/mol. The molecule has 0 bridgehead atoms. The van der Waals surface area contributed by atoms with Crippen LogP contribution in [0, 0.1) is 13.8 Å². The van der Waals surface area contributed by atoms with Crippen molar-refractivity contribution in [1.29, 1.82) is 0 Å². The molecule has 130 valence electrons. The van der Waals surface area contributed by atoms with E-state index in [0.717, 1.165) is 24.9 Å². The minimum atomic E-state index is -0.0861. The van der Waals surface area contributed by atoms with Gasteiger partial charge in [0.05, 0.1) is 10.2 Å².